The molecular weight excluding hydrogens is 230 g/mol. The van der Waals surface area contributed by atoms with Crippen molar-refractivity contribution in [3.05, 3.63) is 35.9 Å². The number of hydrogen-bond donors (Lipinski definition) is 0. The van der Waals surface area contributed by atoms with Gasteiger partial charge in [-0.25, -0.2) is 0 Å². The minimum Gasteiger partial charge on any atom is -0.372 e. The molecule has 0 radical (unpaired) electrons. The Labute approximate surface area is 95.4 Å². The van der Waals surface area contributed by atoms with Gasteiger partial charge in [0.1, 0.15) is 0 Å². The maximum absolute atomic E-state index is 7.38. The molecule has 1 rings (SSSR count). The zero-order chi connectivity index (χ0) is 11.5. The summed E-state index contributed by atoms with van der Waals surface area (Å²) in [6.07, 6.45) is 0. The number of benzene rings is 1. The van der Waals surface area contributed by atoms with Crippen molar-refractivity contribution in [2.75, 3.05) is 6.56 Å². The van der Waals surface area contributed by atoms with Crippen LogP contribution in [0, 0.1) is 0 Å². The average molecular weight is 242 g/mol. The van der Waals surface area contributed by atoms with E-state index in [1.807, 2.05) is 18.2 Å². The van der Waals surface area contributed by atoms with Gasteiger partial charge in [-0.3, -0.25) is 0 Å². The highest BCUT2D eigenvalue weighted by Gasteiger charge is 2.19. The maximum atomic E-state index is 7.38. The molecule has 1 aromatic carbocycles. The molecule has 13 heavy (non-hydrogen) atoms. The van der Waals surface area contributed by atoms with E-state index in [-0.39, 0.29) is 6.61 Å². The summed E-state index contributed by atoms with van der Waals surface area (Å²) >= 11 is 16.3. The van der Waals surface area contributed by atoms with E-state index in [4.69, 9.17) is 42.3 Å². The van der Waals surface area contributed by atoms with Gasteiger partial charge in [-0.15, -0.1) is 0 Å². The van der Waals surface area contributed by atoms with Crippen molar-refractivity contribution in [1.82, 2.24) is 0 Å². The first-order valence-electron chi connectivity index (χ1n) is 4.57. The van der Waals surface area contributed by atoms with Crippen molar-refractivity contribution in [1.29, 1.82) is 0 Å². The Morgan fingerprint density at radius 1 is 1.23 bits per heavy atom. The van der Waals surface area contributed by atoms with E-state index >= 15 is 0 Å². The van der Waals surface area contributed by atoms with Gasteiger partial charge in [-0.2, -0.15) is 0 Å². The van der Waals surface area contributed by atoms with Crippen LogP contribution in [0.25, 0.3) is 0 Å². The van der Waals surface area contributed by atoms with Gasteiger partial charge in [-0.1, -0.05) is 65.1 Å². The summed E-state index contributed by atoms with van der Waals surface area (Å²) in [4.78, 5) is 0. The first-order chi connectivity index (χ1) is 6.83. The van der Waals surface area contributed by atoms with Crippen molar-refractivity contribution >= 4 is 34.8 Å². The summed E-state index contributed by atoms with van der Waals surface area (Å²) in [5, 5.41) is 0. The van der Waals surface area contributed by atoms with Crippen LogP contribution in [0.3, 0.4) is 0 Å². The smallest absolute Gasteiger partial charge is 0.213 e. The number of ether oxygens (including phenoxy) is 1. The Balaban J connectivity index is 2.58. The molecule has 0 saturated heterocycles. The zero-order valence-corrected chi connectivity index (χ0v) is 8.90. The van der Waals surface area contributed by atoms with Crippen LogP contribution in [0.15, 0.2) is 30.3 Å². The molecule has 0 aliphatic heterocycles. The Morgan fingerprint density at radius 2 is 1.85 bits per heavy atom. The van der Waals surface area contributed by atoms with E-state index in [1.54, 1.807) is 12.1 Å². The highest BCUT2D eigenvalue weighted by atomic mass is 35.6. The predicted molar refractivity (Wildman–Crippen MR) is 56.4 cm³/mol. The van der Waals surface area contributed by atoms with E-state index < -0.39 is 10.4 Å². The third-order valence-electron chi connectivity index (χ3n) is 1.27. The summed E-state index contributed by atoms with van der Waals surface area (Å²) in [7, 11) is 0. The lowest BCUT2D eigenvalue weighted by molar-refractivity contribution is 0.126. The minimum atomic E-state index is -2.31. The van der Waals surface area contributed by atoms with Crippen molar-refractivity contribution < 1.29 is 7.48 Å². The molecule has 0 spiro atoms. The molecule has 0 aromatic heterocycles. The topological polar surface area (TPSA) is 9.23 Å². The van der Waals surface area contributed by atoms with Gasteiger partial charge < -0.3 is 4.74 Å². The van der Waals surface area contributed by atoms with Crippen LogP contribution in [0.2, 0.25) is 0 Å². The zero-order valence-electron chi connectivity index (χ0n) is 8.64. The van der Waals surface area contributed by atoms with Crippen molar-refractivity contribution in [3.63, 3.8) is 0 Å². The standard InChI is InChI=1S/C9H9Cl3O/c10-9(11,12)7-13-6-8-4-2-1-3-5-8/h1-5H,6-7H2/i7D2. The van der Waals surface area contributed by atoms with Crippen molar-refractivity contribution in [2.24, 2.45) is 0 Å². The number of alkyl halides is 3. The molecule has 0 aliphatic rings. The maximum Gasteiger partial charge on any atom is 0.213 e. The molecule has 0 saturated carbocycles. The molecule has 0 N–H and O–H groups in total. The largest absolute Gasteiger partial charge is 0.372 e. The SMILES string of the molecule is [2H]C([2H])(OCc1ccccc1)C(Cl)(Cl)Cl. The Kier molecular flexibility index (Phi) is 3.26. The molecule has 0 amide bonds. The Hall–Kier alpha value is 0.0500. The quantitative estimate of drug-likeness (QED) is 0.735. The van der Waals surface area contributed by atoms with E-state index in [0.29, 0.717) is 0 Å². The van der Waals surface area contributed by atoms with Crippen molar-refractivity contribution in [2.45, 2.75) is 10.4 Å². The predicted octanol–water partition coefficient (Wildman–Crippen LogP) is 3.57. The molecule has 1 nitrogen and oxygen atoms in total. The summed E-state index contributed by atoms with van der Waals surface area (Å²) < 4.78 is 17.6. The molecule has 0 bridgehead atoms. The first kappa shape index (κ1) is 8.37. The molecule has 0 aliphatic carbocycles. The third kappa shape index (κ3) is 5.37. The monoisotopic (exact) mass is 240 g/mol. The second-order valence-corrected chi connectivity index (χ2v) is 4.66. The highest BCUT2D eigenvalue weighted by Crippen LogP contribution is 2.26. The molecule has 4 heteroatoms. The molecule has 0 atom stereocenters. The normalized spacial score (nSPS) is 15.0. The highest BCUT2D eigenvalue weighted by molar-refractivity contribution is 6.67. The lowest BCUT2D eigenvalue weighted by atomic mass is 10.2. The lowest BCUT2D eigenvalue weighted by Crippen LogP contribution is -2.12. The van der Waals surface area contributed by atoms with Gasteiger partial charge >= 0.3 is 0 Å². The van der Waals surface area contributed by atoms with Gasteiger partial charge in [-0.05, 0) is 5.56 Å². The number of rotatable bonds is 3. The van der Waals surface area contributed by atoms with E-state index in [9.17, 15) is 0 Å². The van der Waals surface area contributed by atoms with Crippen LogP contribution in [0.4, 0.5) is 0 Å². The van der Waals surface area contributed by atoms with Gasteiger partial charge in [0.25, 0.3) is 0 Å². The fraction of sp³-hybridized carbons (Fsp3) is 0.333. The fourth-order valence-electron chi connectivity index (χ4n) is 0.775. The van der Waals surface area contributed by atoms with Crippen LogP contribution < -0.4 is 0 Å². The Morgan fingerprint density at radius 3 is 2.38 bits per heavy atom. The molecular formula is C9H9Cl3O. The molecule has 1 aromatic rings. The summed E-state index contributed by atoms with van der Waals surface area (Å²) in [5.74, 6) is 0. The summed E-state index contributed by atoms with van der Waals surface area (Å²) in [6, 6.07) is 9.10. The Bertz CT molecular complexity index is 311. The van der Waals surface area contributed by atoms with Crippen LogP contribution in [0.1, 0.15) is 8.30 Å². The van der Waals surface area contributed by atoms with Crippen LogP contribution in [-0.2, 0) is 11.3 Å². The van der Waals surface area contributed by atoms with Gasteiger partial charge in [0.15, 0.2) is 0 Å². The molecule has 72 valence electrons. The van der Waals surface area contributed by atoms with E-state index in [1.165, 1.54) is 0 Å². The second kappa shape index (κ2) is 5.06. The van der Waals surface area contributed by atoms with Gasteiger partial charge in [0.2, 0.25) is 3.79 Å². The first-order valence-corrected chi connectivity index (χ1v) is 4.71. The van der Waals surface area contributed by atoms with E-state index in [2.05, 4.69) is 0 Å². The number of hydrogen-bond acceptors (Lipinski definition) is 1. The lowest BCUT2D eigenvalue weighted by Gasteiger charge is -2.10. The second-order valence-electron chi connectivity index (χ2n) is 2.37. The van der Waals surface area contributed by atoms with Gasteiger partial charge in [0.05, 0.1) is 15.9 Å². The summed E-state index contributed by atoms with van der Waals surface area (Å²) in [6.45, 7) is -2.25. The molecule has 0 heterocycles. The molecule has 0 fully saturated rings. The van der Waals surface area contributed by atoms with E-state index in [0.717, 1.165) is 5.56 Å². The average Bonchev–Trinajstić information content (AvgIpc) is 2.15. The third-order valence-corrected chi connectivity index (χ3v) is 1.50. The van der Waals surface area contributed by atoms with Gasteiger partial charge in [0, 0.05) is 0 Å². The van der Waals surface area contributed by atoms with Crippen LogP contribution in [0.5, 0.6) is 0 Å². The van der Waals surface area contributed by atoms with Crippen molar-refractivity contribution in [3.8, 4) is 0 Å². The fourth-order valence-corrected chi connectivity index (χ4v) is 0.939. The van der Waals surface area contributed by atoms with Crippen LogP contribution in [-0.4, -0.2) is 10.4 Å². The van der Waals surface area contributed by atoms with Crippen LogP contribution >= 0.6 is 34.8 Å². The summed E-state index contributed by atoms with van der Waals surface area (Å²) in [5.41, 5.74) is 0.815. The molecule has 0 unspecified atom stereocenters. The minimum absolute atomic E-state index is 0.0573. The number of halogens is 3.